The molecule has 1 amide bonds. The molecule has 1 unspecified atom stereocenters. The number of hydrogen-bond donors (Lipinski definition) is 3. The maximum atomic E-state index is 13.1. The quantitative estimate of drug-likeness (QED) is 0.355. The largest absolute Gasteiger partial charge is 0.355 e. The molecule has 0 spiro atoms. The Morgan fingerprint density at radius 2 is 2.21 bits per heavy atom. The molecule has 0 bridgehead atoms. The van der Waals surface area contributed by atoms with E-state index in [-0.39, 0.29) is 47.0 Å². The number of guanidine groups is 1. The standard InChI is InChI=1S/C16H23FN4OS.HI/c1-16(7-4-8-23-16)11-20-15(18-2)19-10-14(22)21-13-6-3-5-12(17)9-13;/h3,5-6,9H,4,7-8,10-11H2,1-2H3,(H,21,22)(H2,18,19,20);1H. The van der Waals surface area contributed by atoms with E-state index >= 15 is 0 Å². The molecular weight excluding hydrogens is 442 g/mol. The van der Waals surface area contributed by atoms with Crippen LogP contribution in [-0.2, 0) is 4.79 Å². The van der Waals surface area contributed by atoms with Gasteiger partial charge in [0.05, 0.1) is 6.54 Å². The van der Waals surface area contributed by atoms with Crippen LogP contribution in [0.2, 0.25) is 0 Å². The summed E-state index contributed by atoms with van der Waals surface area (Å²) >= 11 is 1.96. The number of nitrogens with one attached hydrogen (secondary N) is 3. The van der Waals surface area contributed by atoms with Crippen molar-refractivity contribution in [1.29, 1.82) is 0 Å². The van der Waals surface area contributed by atoms with Gasteiger partial charge >= 0.3 is 0 Å². The Hall–Kier alpha value is -1.03. The van der Waals surface area contributed by atoms with Gasteiger partial charge in [-0.1, -0.05) is 6.07 Å². The summed E-state index contributed by atoms with van der Waals surface area (Å²) in [6.07, 6.45) is 2.42. The van der Waals surface area contributed by atoms with Crippen molar-refractivity contribution in [2.24, 2.45) is 4.99 Å². The number of anilines is 1. The van der Waals surface area contributed by atoms with Gasteiger partial charge < -0.3 is 16.0 Å². The molecule has 8 heteroatoms. The molecule has 24 heavy (non-hydrogen) atoms. The molecule has 0 aliphatic carbocycles. The Kier molecular flexibility index (Phi) is 8.82. The number of halogens is 2. The van der Waals surface area contributed by atoms with E-state index in [9.17, 15) is 9.18 Å². The van der Waals surface area contributed by atoms with Gasteiger partial charge in [0.2, 0.25) is 5.91 Å². The van der Waals surface area contributed by atoms with Crippen LogP contribution < -0.4 is 16.0 Å². The summed E-state index contributed by atoms with van der Waals surface area (Å²) in [7, 11) is 1.67. The summed E-state index contributed by atoms with van der Waals surface area (Å²) < 4.78 is 13.3. The highest BCUT2D eigenvalue weighted by Gasteiger charge is 2.29. The van der Waals surface area contributed by atoms with Crippen molar-refractivity contribution in [3.63, 3.8) is 0 Å². The number of carbonyl (C=O) groups is 1. The third-order valence-electron chi connectivity index (χ3n) is 3.68. The molecule has 0 radical (unpaired) electrons. The minimum atomic E-state index is -0.379. The topological polar surface area (TPSA) is 65.5 Å². The van der Waals surface area contributed by atoms with Gasteiger partial charge in [-0.3, -0.25) is 9.79 Å². The summed E-state index contributed by atoms with van der Waals surface area (Å²) in [6.45, 7) is 3.12. The van der Waals surface area contributed by atoms with Crippen molar-refractivity contribution in [3.8, 4) is 0 Å². The molecule has 134 valence electrons. The van der Waals surface area contributed by atoms with Gasteiger partial charge in [0.15, 0.2) is 5.96 Å². The first-order chi connectivity index (χ1) is 11.0. The molecule has 0 saturated carbocycles. The summed E-state index contributed by atoms with van der Waals surface area (Å²) in [5.74, 6) is 1.16. The molecule has 3 N–H and O–H groups in total. The molecule has 1 saturated heterocycles. The minimum Gasteiger partial charge on any atom is -0.355 e. The van der Waals surface area contributed by atoms with Gasteiger partial charge in [0, 0.05) is 24.0 Å². The molecule has 2 rings (SSSR count). The van der Waals surface area contributed by atoms with Gasteiger partial charge in [-0.05, 0) is 43.7 Å². The Bertz CT molecular complexity index is 579. The Balaban J connectivity index is 0.00000288. The van der Waals surface area contributed by atoms with Crippen LogP contribution in [0.25, 0.3) is 0 Å². The van der Waals surface area contributed by atoms with Crippen LogP contribution in [0, 0.1) is 5.82 Å². The van der Waals surface area contributed by atoms with Gasteiger partial charge in [-0.25, -0.2) is 4.39 Å². The fourth-order valence-electron chi connectivity index (χ4n) is 2.40. The predicted octanol–water partition coefficient (Wildman–Crippen LogP) is 2.83. The highest BCUT2D eigenvalue weighted by molar-refractivity contribution is 14.0. The lowest BCUT2D eigenvalue weighted by Crippen LogP contribution is -2.45. The summed E-state index contributed by atoms with van der Waals surface area (Å²) in [4.78, 5) is 16.0. The van der Waals surface area contributed by atoms with Crippen molar-refractivity contribution >= 4 is 53.3 Å². The second-order valence-corrected chi connectivity index (χ2v) is 7.42. The number of thioether (sulfide) groups is 1. The molecule has 0 aromatic heterocycles. The fraction of sp³-hybridized carbons (Fsp3) is 0.500. The van der Waals surface area contributed by atoms with Crippen molar-refractivity contribution in [2.45, 2.75) is 24.5 Å². The number of rotatable bonds is 5. The number of benzene rings is 1. The molecule has 1 atom stereocenters. The second-order valence-electron chi connectivity index (χ2n) is 5.74. The predicted molar refractivity (Wildman–Crippen MR) is 110 cm³/mol. The maximum Gasteiger partial charge on any atom is 0.243 e. The summed E-state index contributed by atoms with van der Waals surface area (Å²) in [5.41, 5.74) is 0.439. The number of nitrogens with zero attached hydrogens (tertiary/aromatic N) is 1. The van der Waals surface area contributed by atoms with Gasteiger partial charge in [0.25, 0.3) is 0 Å². The number of aliphatic imine (C=N–C) groups is 1. The van der Waals surface area contributed by atoms with E-state index in [2.05, 4.69) is 27.9 Å². The average Bonchev–Trinajstić information content (AvgIpc) is 2.94. The zero-order valence-corrected chi connectivity index (χ0v) is 17.0. The van der Waals surface area contributed by atoms with Gasteiger partial charge in [0.1, 0.15) is 5.82 Å². The monoisotopic (exact) mass is 466 g/mol. The van der Waals surface area contributed by atoms with Crippen LogP contribution >= 0.6 is 35.7 Å². The van der Waals surface area contributed by atoms with E-state index in [1.807, 2.05) is 11.8 Å². The second kappa shape index (κ2) is 10.1. The summed E-state index contributed by atoms with van der Waals surface area (Å²) in [6, 6.07) is 5.81. The molecule has 1 fully saturated rings. The van der Waals surface area contributed by atoms with Crippen molar-refractivity contribution in [1.82, 2.24) is 10.6 Å². The van der Waals surface area contributed by atoms with Crippen LogP contribution in [0.4, 0.5) is 10.1 Å². The SMILES string of the molecule is CN=C(NCC(=O)Nc1cccc(F)c1)NCC1(C)CCCS1.I. The van der Waals surface area contributed by atoms with Crippen molar-refractivity contribution < 1.29 is 9.18 Å². The molecule has 1 aliphatic rings. The highest BCUT2D eigenvalue weighted by Crippen LogP contribution is 2.36. The Labute approximate surface area is 163 Å². The molecular formula is C16H24FIN4OS. The fourth-order valence-corrected chi connectivity index (χ4v) is 3.65. The molecule has 1 aromatic rings. The van der Waals surface area contributed by atoms with E-state index < -0.39 is 0 Å². The Morgan fingerprint density at radius 1 is 1.42 bits per heavy atom. The number of hydrogen-bond acceptors (Lipinski definition) is 3. The molecule has 1 aromatic carbocycles. The smallest absolute Gasteiger partial charge is 0.243 e. The first-order valence-corrected chi connectivity index (χ1v) is 8.63. The van der Waals surface area contributed by atoms with E-state index in [0.717, 1.165) is 6.54 Å². The molecule has 1 aliphatic heterocycles. The van der Waals surface area contributed by atoms with E-state index in [1.54, 1.807) is 19.2 Å². The Morgan fingerprint density at radius 3 is 2.83 bits per heavy atom. The third-order valence-corrected chi connectivity index (χ3v) is 5.22. The normalized spacial score (nSPS) is 20.2. The van der Waals surface area contributed by atoms with Crippen molar-refractivity contribution in [2.75, 3.05) is 31.2 Å². The van der Waals surface area contributed by atoms with Crippen molar-refractivity contribution in [3.05, 3.63) is 30.1 Å². The minimum absolute atomic E-state index is 0. The van der Waals surface area contributed by atoms with E-state index in [4.69, 9.17) is 0 Å². The van der Waals surface area contributed by atoms with Crippen LogP contribution in [0.15, 0.2) is 29.3 Å². The highest BCUT2D eigenvalue weighted by atomic mass is 127. The zero-order chi connectivity index (χ0) is 16.7. The summed E-state index contributed by atoms with van der Waals surface area (Å²) in [5, 5.41) is 8.87. The number of carbonyl (C=O) groups excluding carboxylic acids is 1. The first-order valence-electron chi connectivity index (χ1n) is 7.65. The lowest BCUT2D eigenvalue weighted by Gasteiger charge is -2.24. The lowest BCUT2D eigenvalue weighted by molar-refractivity contribution is -0.115. The molecule has 5 nitrogen and oxygen atoms in total. The lowest BCUT2D eigenvalue weighted by atomic mass is 10.1. The van der Waals surface area contributed by atoms with Gasteiger partial charge in [-0.15, -0.1) is 24.0 Å². The number of amides is 1. The third kappa shape index (κ3) is 6.84. The van der Waals surface area contributed by atoms with E-state index in [0.29, 0.717) is 11.6 Å². The van der Waals surface area contributed by atoms with Crippen LogP contribution in [0.3, 0.4) is 0 Å². The van der Waals surface area contributed by atoms with Crippen LogP contribution in [-0.4, -0.2) is 42.5 Å². The van der Waals surface area contributed by atoms with E-state index in [1.165, 1.54) is 30.7 Å². The van der Waals surface area contributed by atoms with Gasteiger partial charge in [-0.2, -0.15) is 11.8 Å². The first kappa shape index (κ1) is 21.0. The maximum absolute atomic E-state index is 13.1. The van der Waals surface area contributed by atoms with Crippen LogP contribution in [0.1, 0.15) is 19.8 Å². The molecule has 1 heterocycles. The average molecular weight is 466 g/mol. The zero-order valence-electron chi connectivity index (χ0n) is 13.9. The van der Waals surface area contributed by atoms with Crippen LogP contribution in [0.5, 0.6) is 0 Å².